The third kappa shape index (κ3) is 4.27. The van der Waals surface area contributed by atoms with E-state index in [4.69, 9.17) is 0 Å². The summed E-state index contributed by atoms with van der Waals surface area (Å²) in [6.07, 6.45) is 0. The van der Waals surface area contributed by atoms with Crippen LogP contribution in [0.25, 0.3) is 43.4 Å². The molecule has 7 rings (SSSR count). The van der Waals surface area contributed by atoms with Gasteiger partial charge in [-0.05, 0) is 63.0 Å². The molecule has 0 saturated heterocycles. The molecule has 42 heavy (non-hydrogen) atoms. The highest BCUT2D eigenvalue weighted by molar-refractivity contribution is 6.23. The molecule has 0 aliphatic heterocycles. The Morgan fingerprint density at radius 2 is 1.21 bits per heavy atom. The minimum Gasteiger partial charge on any atom is -0.289 e. The second kappa shape index (κ2) is 9.86. The van der Waals surface area contributed by atoms with E-state index in [1.54, 1.807) is 0 Å². The summed E-state index contributed by atoms with van der Waals surface area (Å²) >= 11 is 0. The molecule has 0 spiro atoms. The van der Waals surface area contributed by atoms with Crippen LogP contribution in [0.1, 0.15) is 21.5 Å². The molecule has 0 fully saturated rings. The van der Waals surface area contributed by atoms with Crippen molar-refractivity contribution in [2.75, 3.05) is 0 Å². The van der Waals surface area contributed by atoms with E-state index in [0.29, 0.717) is 0 Å². The molecule has 0 amide bonds. The fourth-order valence-corrected chi connectivity index (χ4v) is 5.46. The lowest BCUT2D eigenvalue weighted by Gasteiger charge is -2.08. The van der Waals surface area contributed by atoms with Crippen LogP contribution in [-0.4, -0.2) is 20.6 Å². The Labute approximate surface area is 236 Å². The topological polar surface area (TPSA) is 146 Å². The van der Waals surface area contributed by atoms with Gasteiger partial charge in [0.25, 0.3) is 17.1 Å². The van der Waals surface area contributed by atoms with Crippen molar-refractivity contribution in [3.05, 3.63) is 144 Å². The molecular formula is C32H19N3O7. The minimum atomic E-state index is -0.841. The van der Waals surface area contributed by atoms with E-state index in [9.17, 15) is 35.1 Å². The highest BCUT2D eigenvalue weighted by Crippen LogP contribution is 2.45. The standard InChI is InChI=1S/C19H14.C13H5N3O7/c1-13-5-4-8-18-17(13)10-9-16-11-14-6-2-3-7-15(14)12-19(16)18;17-13-9-3-6(14(18)19)1-2-8(9)12-10(13)4-7(15(20)21)5-11(12)16(22)23/h2-12H,1H3;1-5H. The zero-order chi connectivity index (χ0) is 29.7. The number of rotatable bonds is 3. The summed E-state index contributed by atoms with van der Waals surface area (Å²) in [5.74, 6) is -0.717. The maximum Gasteiger partial charge on any atom is 0.284 e. The van der Waals surface area contributed by atoms with Gasteiger partial charge in [0.2, 0.25) is 0 Å². The minimum absolute atomic E-state index is 0.0597. The van der Waals surface area contributed by atoms with Gasteiger partial charge in [-0.25, -0.2) is 0 Å². The van der Waals surface area contributed by atoms with Crippen molar-refractivity contribution in [3.63, 3.8) is 0 Å². The van der Waals surface area contributed by atoms with Crippen molar-refractivity contribution >= 4 is 55.2 Å². The second-order valence-corrected chi connectivity index (χ2v) is 9.87. The molecule has 0 bridgehead atoms. The van der Waals surface area contributed by atoms with Gasteiger partial charge in [-0.15, -0.1) is 0 Å². The van der Waals surface area contributed by atoms with Crippen molar-refractivity contribution in [3.8, 4) is 11.1 Å². The van der Waals surface area contributed by atoms with E-state index in [1.165, 1.54) is 43.9 Å². The lowest BCUT2D eigenvalue weighted by molar-refractivity contribution is -0.393. The number of nitro benzene ring substituents is 3. The Bertz CT molecular complexity index is 2170. The summed E-state index contributed by atoms with van der Waals surface area (Å²) in [7, 11) is 0. The summed E-state index contributed by atoms with van der Waals surface area (Å²) in [5, 5.41) is 40.8. The number of hydrogen-bond donors (Lipinski definition) is 0. The zero-order valence-electron chi connectivity index (χ0n) is 21.9. The smallest absolute Gasteiger partial charge is 0.284 e. The number of hydrogen-bond acceptors (Lipinski definition) is 7. The molecule has 0 N–H and O–H groups in total. The second-order valence-electron chi connectivity index (χ2n) is 9.87. The predicted molar refractivity (Wildman–Crippen MR) is 159 cm³/mol. The number of fused-ring (bicyclic) bond motifs is 7. The molecule has 6 aromatic carbocycles. The van der Waals surface area contributed by atoms with Crippen molar-refractivity contribution < 1.29 is 19.6 Å². The van der Waals surface area contributed by atoms with E-state index < -0.39 is 31.9 Å². The van der Waals surface area contributed by atoms with Crippen molar-refractivity contribution in [1.29, 1.82) is 0 Å². The first-order valence-electron chi connectivity index (χ1n) is 12.7. The Balaban J connectivity index is 0.000000153. The number of aryl methyl sites for hydroxylation is 1. The number of benzene rings is 6. The van der Waals surface area contributed by atoms with Crippen LogP contribution in [0.4, 0.5) is 17.1 Å². The lowest BCUT2D eigenvalue weighted by atomic mass is 9.96. The summed E-state index contributed by atoms with van der Waals surface area (Å²) < 4.78 is 0. The number of carbonyl (C=O) groups excluding carboxylic acids is 1. The largest absolute Gasteiger partial charge is 0.289 e. The average Bonchev–Trinajstić information content (AvgIpc) is 3.27. The molecule has 1 aliphatic carbocycles. The van der Waals surface area contributed by atoms with Gasteiger partial charge < -0.3 is 0 Å². The van der Waals surface area contributed by atoms with Gasteiger partial charge in [0.15, 0.2) is 5.78 Å². The molecule has 1 aliphatic rings. The van der Waals surface area contributed by atoms with E-state index in [2.05, 4.69) is 73.7 Å². The molecule has 10 heteroatoms. The molecule has 0 aromatic heterocycles. The first kappa shape index (κ1) is 26.2. The van der Waals surface area contributed by atoms with Crippen LogP contribution in [-0.2, 0) is 0 Å². The Morgan fingerprint density at radius 1 is 0.524 bits per heavy atom. The number of nitrogens with zero attached hydrogens (tertiary/aromatic N) is 3. The van der Waals surface area contributed by atoms with Crippen LogP contribution in [0.3, 0.4) is 0 Å². The van der Waals surface area contributed by atoms with E-state index in [1.807, 2.05) is 0 Å². The van der Waals surface area contributed by atoms with Crippen LogP contribution >= 0.6 is 0 Å². The van der Waals surface area contributed by atoms with Crippen molar-refractivity contribution in [1.82, 2.24) is 0 Å². The summed E-state index contributed by atoms with van der Waals surface area (Å²) in [5.41, 5.74) is -0.386. The third-order valence-electron chi connectivity index (χ3n) is 7.44. The summed E-state index contributed by atoms with van der Waals surface area (Å²) in [6, 6.07) is 29.2. The van der Waals surface area contributed by atoms with Gasteiger partial charge in [0, 0.05) is 34.9 Å². The van der Waals surface area contributed by atoms with E-state index >= 15 is 0 Å². The SMILES string of the molecule is Cc1cccc2c1ccc1cc3ccccc3cc12.O=C1c2cc([N+](=O)[O-])ccc2-c2c1cc([N+](=O)[O-])cc2[N+](=O)[O-]. The van der Waals surface area contributed by atoms with Gasteiger partial charge in [0.1, 0.15) is 0 Å². The van der Waals surface area contributed by atoms with Gasteiger partial charge in [-0.3, -0.25) is 35.1 Å². The van der Waals surface area contributed by atoms with E-state index in [0.717, 1.165) is 24.3 Å². The fourth-order valence-electron chi connectivity index (χ4n) is 5.46. The van der Waals surface area contributed by atoms with Crippen LogP contribution in [0.5, 0.6) is 0 Å². The average molecular weight is 558 g/mol. The van der Waals surface area contributed by atoms with Crippen LogP contribution in [0.15, 0.2) is 97.1 Å². The molecule has 0 unspecified atom stereocenters. The quantitative estimate of drug-likeness (QED) is 0.0923. The fraction of sp³-hybridized carbons (Fsp3) is 0.0312. The predicted octanol–water partition coefficient (Wildman–Crippen LogP) is 8.08. The highest BCUT2D eigenvalue weighted by Gasteiger charge is 2.36. The molecular weight excluding hydrogens is 538 g/mol. The number of non-ortho nitro benzene ring substituents is 2. The summed E-state index contributed by atoms with van der Waals surface area (Å²) in [4.78, 5) is 42.8. The van der Waals surface area contributed by atoms with Crippen molar-refractivity contribution in [2.24, 2.45) is 0 Å². The lowest BCUT2D eigenvalue weighted by Crippen LogP contribution is -2.00. The number of nitro groups is 3. The zero-order valence-corrected chi connectivity index (χ0v) is 21.9. The molecule has 0 heterocycles. The number of ketones is 1. The Kier molecular flexibility index (Phi) is 6.15. The Morgan fingerprint density at radius 3 is 1.90 bits per heavy atom. The monoisotopic (exact) mass is 557 g/mol. The molecule has 0 radical (unpaired) electrons. The normalized spacial score (nSPS) is 11.6. The van der Waals surface area contributed by atoms with Crippen LogP contribution in [0, 0.1) is 37.3 Å². The molecule has 10 nitrogen and oxygen atoms in total. The van der Waals surface area contributed by atoms with Crippen LogP contribution in [0.2, 0.25) is 0 Å². The molecule has 204 valence electrons. The van der Waals surface area contributed by atoms with Crippen LogP contribution < -0.4 is 0 Å². The first-order chi connectivity index (χ1) is 20.1. The maximum absolute atomic E-state index is 12.3. The van der Waals surface area contributed by atoms with E-state index in [-0.39, 0.29) is 27.9 Å². The van der Waals surface area contributed by atoms with Gasteiger partial charge in [-0.1, -0.05) is 54.6 Å². The maximum atomic E-state index is 12.3. The third-order valence-corrected chi connectivity index (χ3v) is 7.44. The molecule has 0 saturated carbocycles. The molecule has 0 atom stereocenters. The van der Waals surface area contributed by atoms with Gasteiger partial charge >= 0.3 is 0 Å². The molecule has 6 aromatic rings. The summed E-state index contributed by atoms with van der Waals surface area (Å²) in [6.45, 7) is 2.18. The Hall–Kier alpha value is -6.03. The van der Waals surface area contributed by atoms with Gasteiger partial charge in [-0.2, -0.15) is 0 Å². The van der Waals surface area contributed by atoms with Crippen molar-refractivity contribution in [2.45, 2.75) is 6.92 Å². The van der Waals surface area contributed by atoms with Gasteiger partial charge in [0.05, 0.1) is 26.4 Å². The highest BCUT2D eigenvalue weighted by atomic mass is 16.6. The number of carbonyl (C=O) groups is 1. The first-order valence-corrected chi connectivity index (χ1v) is 12.7.